The SMILES string of the molecule is CCCCCN(Cc1cc(=O)oc2cc(NC(C)=O)ccc12)C(C)C. The van der Waals surface area contributed by atoms with E-state index < -0.39 is 0 Å². The molecule has 136 valence electrons. The lowest BCUT2D eigenvalue weighted by molar-refractivity contribution is -0.114. The van der Waals surface area contributed by atoms with Crippen molar-refractivity contribution in [3.05, 3.63) is 40.2 Å². The summed E-state index contributed by atoms with van der Waals surface area (Å²) in [4.78, 5) is 25.6. The van der Waals surface area contributed by atoms with Crippen LogP contribution in [0.3, 0.4) is 0 Å². The Morgan fingerprint density at radius 2 is 2.00 bits per heavy atom. The molecule has 25 heavy (non-hydrogen) atoms. The fourth-order valence-corrected chi connectivity index (χ4v) is 2.95. The topological polar surface area (TPSA) is 62.6 Å². The number of amides is 1. The Morgan fingerprint density at radius 3 is 2.64 bits per heavy atom. The molecule has 0 unspecified atom stereocenters. The van der Waals surface area contributed by atoms with Crippen LogP contribution in [0.2, 0.25) is 0 Å². The lowest BCUT2D eigenvalue weighted by atomic mass is 10.1. The van der Waals surface area contributed by atoms with Crippen molar-refractivity contribution in [3.8, 4) is 0 Å². The molecule has 0 aliphatic rings. The maximum Gasteiger partial charge on any atom is 0.336 e. The van der Waals surface area contributed by atoms with Crippen LogP contribution in [0.25, 0.3) is 11.0 Å². The van der Waals surface area contributed by atoms with Crippen LogP contribution in [-0.4, -0.2) is 23.4 Å². The fourth-order valence-electron chi connectivity index (χ4n) is 2.95. The van der Waals surface area contributed by atoms with Crippen LogP contribution in [0.5, 0.6) is 0 Å². The number of benzene rings is 1. The summed E-state index contributed by atoms with van der Waals surface area (Å²) in [6, 6.07) is 7.43. The first kappa shape index (κ1) is 19.2. The summed E-state index contributed by atoms with van der Waals surface area (Å²) in [7, 11) is 0. The van der Waals surface area contributed by atoms with Gasteiger partial charge in [-0.25, -0.2) is 4.79 Å². The second-order valence-corrected chi connectivity index (χ2v) is 6.75. The quantitative estimate of drug-likeness (QED) is 0.577. The highest BCUT2D eigenvalue weighted by atomic mass is 16.4. The summed E-state index contributed by atoms with van der Waals surface area (Å²) in [5.41, 5.74) is 1.74. The molecule has 5 nitrogen and oxygen atoms in total. The number of rotatable bonds is 8. The van der Waals surface area contributed by atoms with Crippen molar-refractivity contribution >= 4 is 22.6 Å². The molecule has 2 aromatic rings. The molecule has 0 fully saturated rings. The van der Waals surface area contributed by atoms with Crippen LogP contribution in [0.1, 0.15) is 52.5 Å². The Bertz CT molecular complexity index is 780. The second-order valence-electron chi connectivity index (χ2n) is 6.75. The third kappa shape index (κ3) is 5.43. The molecule has 0 aliphatic carbocycles. The predicted octanol–water partition coefficient (Wildman–Crippen LogP) is 4.15. The molecule has 0 saturated heterocycles. The first-order chi connectivity index (χ1) is 11.9. The maximum absolute atomic E-state index is 12.0. The van der Waals surface area contributed by atoms with E-state index in [4.69, 9.17) is 4.42 Å². The predicted molar refractivity (Wildman–Crippen MR) is 102 cm³/mol. The van der Waals surface area contributed by atoms with E-state index >= 15 is 0 Å². The molecule has 0 saturated carbocycles. The van der Waals surface area contributed by atoms with Crippen LogP contribution in [0, 0.1) is 0 Å². The van der Waals surface area contributed by atoms with Gasteiger partial charge in [0.15, 0.2) is 0 Å². The van der Waals surface area contributed by atoms with Gasteiger partial charge >= 0.3 is 5.63 Å². The highest BCUT2D eigenvalue weighted by Gasteiger charge is 2.14. The molecule has 0 spiro atoms. The number of hydrogen-bond donors (Lipinski definition) is 1. The average Bonchev–Trinajstić information content (AvgIpc) is 2.52. The van der Waals surface area contributed by atoms with Gasteiger partial charge in [-0.05, 0) is 44.5 Å². The number of fused-ring (bicyclic) bond motifs is 1. The number of unbranched alkanes of at least 4 members (excludes halogenated alkanes) is 2. The summed E-state index contributed by atoms with van der Waals surface area (Å²) < 4.78 is 5.34. The fraction of sp³-hybridized carbons (Fsp3) is 0.500. The van der Waals surface area contributed by atoms with Crippen molar-refractivity contribution in [1.82, 2.24) is 4.90 Å². The van der Waals surface area contributed by atoms with E-state index in [0.29, 0.717) is 23.9 Å². The smallest absolute Gasteiger partial charge is 0.336 e. The van der Waals surface area contributed by atoms with E-state index in [-0.39, 0.29) is 11.5 Å². The minimum Gasteiger partial charge on any atom is -0.423 e. The van der Waals surface area contributed by atoms with Crippen molar-refractivity contribution in [3.63, 3.8) is 0 Å². The first-order valence-electron chi connectivity index (χ1n) is 8.99. The van der Waals surface area contributed by atoms with Crippen molar-refractivity contribution in [2.75, 3.05) is 11.9 Å². The number of carbonyl (C=O) groups is 1. The molecule has 1 amide bonds. The minimum atomic E-state index is -0.361. The molecule has 2 rings (SSSR count). The standard InChI is InChI=1S/C20H28N2O3/c1-5-6-7-10-22(14(2)3)13-16-11-20(24)25-19-12-17(21-15(4)23)8-9-18(16)19/h8-9,11-12,14H,5-7,10,13H2,1-4H3,(H,21,23). The summed E-state index contributed by atoms with van der Waals surface area (Å²) in [6.45, 7) is 9.72. The highest BCUT2D eigenvalue weighted by molar-refractivity contribution is 5.92. The molecule has 0 aliphatic heterocycles. The van der Waals surface area contributed by atoms with Crippen molar-refractivity contribution in [1.29, 1.82) is 0 Å². The Hall–Kier alpha value is -2.14. The van der Waals surface area contributed by atoms with Gasteiger partial charge in [-0.2, -0.15) is 0 Å². The lowest BCUT2D eigenvalue weighted by Crippen LogP contribution is -2.31. The van der Waals surface area contributed by atoms with Gasteiger partial charge in [0.05, 0.1) is 0 Å². The molecular formula is C20H28N2O3. The lowest BCUT2D eigenvalue weighted by Gasteiger charge is -2.27. The molecule has 0 radical (unpaired) electrons. The molecule has 1 aromatic heterocycles. The number of hydrogen-bond acceptors (Lipinski definition) is 4. The van der Waals surface area contributed by atoms with Gasteiger partial charge in [0.2, 0.25) is 5.91 Å². The van der Waals surface area contributed by atoms with Gasteiger partial charge in [-0.3, -0.25) is 9.69 Å². The van der Waals surface area contributed by atoms with Gasteiger partial charge in [-0.1, -0.05) is 19.8 Å². The third-order valence-electron chi connectivity index (χ3n) is 4.30. The van der Waals surface area contributed by atoms with Crippen LogP contribution in [-0.2, 0) is 11.3 Å². The summed E-state index contributed by atoms with van der Waals surface area (Å²) >= 11 is 0. The van der Waals surface area contributed by atoms with E-state index in [2.05, 4.69) is 31.0 Å². The molecule has 1 aromatic carbocycles. The summed E-state index contributed by atoms with van der Waals surface area (Å²) in [6.07, 6.45) is 3.55. The van der Waals surface area contributed by atoms with Gasteiger partial charge in [0.25, 0.3) is 0 Å². The summed E-state index contributed by atoms with van der Waals surface area (Å²) in [5, 5.41) is 3.63. The summed E-state index contributed by atoms with van der Waals surface area (Å²) in [5.74, 6) is -0.153. The molecule has 1 heterocycles. The monoisotopic (exact) mass is 344 g/mol. The Labute approximate surface area is 149 Å². The van der Waals surface area contributed by atoms with E-state index in [9.17, 15) is 9.59 Å². The van der Waals surface area contributed by atoms with Gasteiger partial charge in [-0.15, -0.1) is 0 Å². The van der Waals surface area contributed by atoms with E-state index in [1.807, 2.05) is 12.1 Å². The number of carbonyl (C=O) groups excluding carboxylic acids is 1. The zero-order valence-corrected chi connectivity index (χ0v) is 15.6. The average molecular weight is 344 g/mol. The molecule has 0 atom stereocenters. The number of nitrogens with zero attached hydrogens (tertiary/aromatic N) is 1. The van der Waals surface area contributed by atoms with E-state index in [0.717, 1.165) is 23.9 Å². The number of nitrogens with one attached hydrogen (secondary N) is 1. The van der Waals surface area contributed by atoms with Gasteiger partial charge < -0.3 is 9.73 Å². The Kier molecular flexibility index (Phi) is 6.76. The maximum atomic E-state index is 12.0. The van der Waals surface area contributed by atoms with E-state index in [1.165, 1.54) is 19.8 Å². The van der Waals surface area contributed by atoms with Crippen molar-refractivity contribution < 1.29 is 9.21 Å². The van der Waals surface area contributed by atoms with Crippen molar-refractivity contribution in [2.24, 2.45) is 0 Å². The molecule has 0 bridgehead atoms. The Balaban J connectivity index is 2.32. The highest BCUT2D eigenvalue weighted by Crippen LogP contribution is 2.23. The molecular weight excluding hydrogens is 316 g/mol. The third-order valence-corrected chi connectivity index (χ3v) is 4.30. The molecule has 1 N–H and O–H groups in total. The van der Waals surface area contributed by atoms with Gasteiger partial charge in [0.1, 0.15) is 5.58 Å². The van der Waals surface area contributed by atoms with Crippen LogP contribution >= 0.6 is 0 Å². The largest absolute Gasteiger partial charge is 0.423 e. The van der Waals surface area contributed by atoms with Crippen LogP contribution in [0.15, 0.2) is 33.5 Å². The van der Waals surface area contributed by atoms with Crippen molar-refractivity contribution in [2.45, 2.75) is 59.5 Å². The zero-order chi connectivity index (χ0) is 18.4. The van der Waals surface area contributed by atoms with E-state index in [1.54, 1.807) is 12.1 Å². The zero-order valence-electron chi connectivity index (χ0n) is 15.6. The second kappa shape index (κ2) is 8.81. The van der Waals surface area contributed by atoms with Gasteiger partial charge in [0, 0.05) is 42.7 Å². The van der Waals surface area contributed by atoms with Crippen LogP contribution < -0.4 is 10.9 Å². The normalized spacial score (nSPS) is 11.4. The van der Waals surface area contributed by atoms with Crippen LogP contribution in [0.4, 0.5) is 5.69 Å². The minimum absolute atomic E-state index is 0.153. The first-order valence-corrected chi connectivity index (χ1v) is 8.99. The Morgan fingerprint density at radius 1 is 1.24 bits per heavy atom. The number of anilines is 1. The molecule has 5 heteroatoms.